The predicted molar refractivity (Wildman–Crippen MR) is 77.0 cm³/mol. The molecule has 0 fully saturated rings. The summed E-state index contributed by atoms with van der Waals surface area (Å²) in [4.78, 5) is 4.13. The summed E-state index contributed by atoms with van der Waals surface area (Å²) >= 11 is 0. The predicted octanol–water partition coefficient (Wildman–Crippen LogP) is 3.91. The molecule has 0 spiro atoms. The van der Waals surface area contributed by atoms with Crippen molar-refractivity contribution in [1.29, 1.82) is 0 Å². The highest BCUT2D eigenvalue weighted by Gasteiger charge is 2.37. The Kier molecular flexibility index (Phi) is 2.41. The smallest absolute Gasteiger partial charge is 0.0555 e. The SMILES string of the molecule is C1=C[C@@H]2c3ccccc3N[C@@H](c3ccncc3)[C@@H]2C1. The maximum atomic E-state index is 4.13. The molecule has 0 bridgehead atoms. The van der Waals surface area contributed by atoms with Crippen molar-refractivity contribution in [2.75, 3.05) is 5.32 Å². The van der Waals surface area contributed by atoms with Crippen LogP contribution in [0, 0.1) is 5.92 Å². The molecule has 0 radical (unpaired) electrons. The van der Waals surface area contributed by atoms with E-state index in [0.717, 1.165) is 6.42 Å². The zero-order valence-corrected chi connectivity index (χ0v) is 10.7. The number of pyridine rings is 1. The average molecular weight is 248 g/mol. The van der Waals surface area contributed by atoms with E-state index in [1.807, 2.05) is 12.4 Å². The van der Waals surface area contributed by atoms with Gasteiger partial charge in [0, 0.05) is 24.0 Å². The fourth-order valence-corrected chi connectivity index (χ4v) is 3.44. The third-order valence-corrected chi connectivity index (χ3v) is 4.34. The zero-order chi connectivity index (χ0) is 12.7. The van der Waals surface area contributed by atoms with E-state index in [0.29, 0.717) is 17.9 Å². The number of fused-ring (bicyclic) bond motifs is 3. The first-order chi connectivity index (χ1) is 9.43. The van der Waals surface area contributed by atoms with E-state index in [1.54, 1.807) is 0 Å². The summed E-state index contributed by atoms with van der Waals surface area (Å²) in [6, 6.07) is 13.3. The molecular formula is C17H16N2. The first-order valence-corrected chi connectivity index (χ1v) is 6.85. The number of benzene rings is 1. The Balaban J connectivity index is 1.80. The summed E-state index contributed by atoms with van der Waals surface area (Å²) in [5.74, 6) is 1.17. The summed E-state index contributed by atoms with van der Waals surface area (Å²) in [6.45, 7) is 0. The lowest BCUT2D eigenvalue weighted by Gasteiger charge is -2.37. The molecule has 2 heterocycles. The number of rotatable bonds is 1. The summed E-state index contributed by atoms with van der Waals surface area (Å²) in [6.07, 6.45) is 9.62. The van der Waals surface area contributed by atoms with E-state index >= 15 is 0 Å². The Hall–Kier alpha value is -2.09. The topological polar surface area (TPSA) is 24.9 Å². The molecule has 0 unspecified atom stereocenters. The van der Waals surface area contributed by atoms with Crippen LogP contribution in [0.1, 0.15) is 29.5 Å². The monoisotopic (exact) mass is 248 g/mol. The molecule has 0 saturated heterocycles. The van der Waals surface area contributed by atoms with Crippen LogP contribution in [0.5, 0.6) is 0 Å². The van der Waals surface area contributed by atoms with Crippen LogP contribution in [0.4, 0.5) is 5.69 Å². The largest absolute Gasteiger partial charge is 0.378 e. The van der Waals surface area contributed by atoms with Crippen molar-refractivity contribution in [3.8, 4) is 0 Å². The van der Waals surface area contributed by atoms with Gasteiger partial charge in [-0.25, -0.2) is 0 Å². The quantitative estimate of drug-likeness (QED) is 0.774. The van der Waals surface area contributed by atoms with Crippen LogP contribution in [0.3, 0.4) is 0 Å². The summed E-state index contributed by atoms with van der Waals surface area (Å²) in [5, 5.41) is 3.72. The Bertz CT molecular complexity index is 618. The number of hydrogen-bond acceptors (Lipinski definition) is 2. The van der Waals surface area contributed by atoms with Crippen LogP contribution < -0.4 is 5.32 Å². The molecule has 0 amide bonds. The second-order valence-electron chi connectivity index (χ2n) is 5.34. The van der Waals surface area contributed by atoms with Crippen molar-refractivity contribution in [3.63, 3.8) is 0 Å². The van der Waals surface area contributed by atoms with Crippen LogP contribution in [-0.4, -0.2) is 4.98 Å². The average Bonchev–Trinajstić information content (AvgIpc) is 2.97. The number of nitrogens with zero attached hydrogens (tertiary/aromatic N) is 1. The molecule has 19 heavy (non-hydrogen) atoms. The molecule has 0 saturated carbocycles. The fraction of sp³-hybridized carbons (Fsp3) is 0.235. The molecule has 3 atom stereocenters. The molecule has 2 aromatic rings. The summed E-state index contributed by atoms with van der Waals surface area (Å²) < 4.78 is 0. The van der Waals surface area contributed by atoms with Crippen molar-refractivity contribution in [3.05, 3.63) is 72.1 Å². The maximum absolute atomic E-state index is 4.13. The third-order valence-electron chi connectivity index (χ3n) is 4.34. The van der Waals surface area contributed by atoms with Gasteiger partial charge in [0.05, 0.1) is 6.04 Å². The highest BCUT2D eigenvalue weighted by Crippen LogP contribution is 2.49. The van der Waals surface area contributed by atoms with Crippen molar-refractivity contribution in [1.82, 2.24) is 4.98 Å². The second kappa shape index (κ2) is 4.23. The summed E-state index contributed by atoms with van der Waals surface area (Å²) in [7, 11) is 0. The van der Waals surface area contributed by atoms with Crippen molar-refractivity contribution >= 4 is 5.69 Å². The minimum Gasteiger partial charge on any atom is -0.378 e. The van der Waals surface area contributed by atoms with Gasteiger partial charge in [-0.15, -0.1) is 0 Å². The lowest BCUT2D eigenvalue weighted by atomic mass is 9.77. The molecule has 4 rings (SSSR count). The van der Waals surface area contributed by atoms with Gasteiger partial charge in [-0.1, -0.05) is 30.4 Å². The first kappa shape index (κ1) is 10.8. The minimum atomic E-state index is 0.387. The second-order valence-corrected chi connectivity index (χ2v) is 5.34. The normalized spacial score (nSPS) is 27.5. The van der Waals surface area contributed by atoms with Crippen LogP contribution in [-0.2, 0) is 0 Å². The number of anilines is 1. The van der Waals surface area contributed by atoms with E-state index in [1.165, 1.54) is 16.8 Å². The van der Waals surface area contributed by atoms with Gasteiger partial charge in [0.1, 0.15) is 0 Å². The number of nitrogens with one attached hydrogen (secondary N) is 1. The standard InChI is InChI=1S/C17H16N2/c1-2-7-16-14(4-1)13-5-3-6-15(13)17(19-16)12-8-10-18-11-9-12/h1-5,7-11,13,15,17,19H,6H2/t13-,15-,17+/m1/s1. The van der Waals surface area contributed by atoms with Gasteiger partial charge in [0.2, 0.25) is 0 Å². The van der Waals surface area contributed by atoms with Gasteiger partial charge in [-0.05, 0) is 41.7 Å². The van der Waals surface area contributed by atoms with Crippen molar-refractivity contribution < 1.29 is 0 Å². The maximum Gasteiger partial charge on any atom is 0.0555 e. The first-order valence-electron chi connectivity index (χ1n) is 6.85. The Morgan fingerprint density at radius 3 is 2.79 bits per heavy atom. The lowest BCUT2D eigenvalue weighted by molar-refractivity contribution is 0.425. The number of allylic oxidation sites excluding steroid dienone is 2. The van der Waals surface area contributed by atoms with Gasteiger partial charge in [-0.3, -0.25) is 4.98 Å². The summed E-state index contributed by atoms with van der Waals surface area (Å²) in [5.41, 5.74) is 4.05. The van der Waals surface area contributed by atoms with E-state index in [4.69, 9.17) is 0 Å². The molecule has 2 heteroatoms. The van der Waals surface area contributed by atoms with Gasteiger partial charge in [0.25, 0.3) is 0 Å². The van der Waals surface area contributed by atoms with Crippen LogP contribution >= 0.6 is 0 Å². The Morgan fingerprint density at radius 1 is 1.05 bits per heavy atom. The number of aromatic nitrogens is 1. The molecule has 2 nitrogen and oxygen atoms in total. The van der Waals surface area contributed by atoms with Crippen molar-refractivity contribution in [2.24, 2.45) is 5.92 Å². The van der Waals surface area contributed by atoms with Crippen LogP contribution in [0.15, 0.2) is 60.9 Å². The van der Waals surface area contributed by atoms with Gasteiger partial charge < -0.3 is 5.32 Å². The molecule has 1 aromatic carbocycles. The van der Waals surface area contributed by atoms with E-state index in [9.17, 15) is 0 Å². The highest BCUT2D eigenvalue weighted by atomic mass is 15.0. The van der Waals surface area contributed by atoms with E-state index < -0.39 is 0 Å². The molecule has 94 valence electrons. The molecule has 1 aliphatic heterocycles. The van der Waals surface area contributed by atoms with Crippen LogP contribution in [0.2, 0.25) is 0 Å². The highest BCUT2D eigenvalue weighted by molar-refractivity contribution is 5.59. The van der Waals surface area contributed by atoms with E-state index in [-0.39, 0.29) is 0 Å². The van der Waals surface area contributed by atoms with Gasteiger partial charge >= 0.3 is 0 Å². The number of hydrogen-bond donors (Lipinski definition) is 1. The van der Waals surface area contributed by atoms with Crippen molar-refractivity contribution in [2.45, 2.75) is 18.4 Å². The molecular weight excluding hydrogens is 232 g/mol. The Morgan fingerprint density at radius 2 is 1.89 bits per heavy atom. The Labute approximate surface area is 113 Å². The lowest BCUT2D eigenvalue weighted by Crippen LogP contribution is -2.28. The third kappa shape index (κ3) is 1.67. The minimum absolute atomic E-state index is 0.387. The van der Waals surface area contributed by atoms with Gasteiger partial charge in [0.15, 0.2) is 0 Å². The molecule has 1 N–H and O–H groups in total. The van der Waals surface area contributed by atoms with E-state index in [2.05, 4.69) is 58.9 Å². The van der Waals surface area contributed by atoms with Gasteiger partial charge in [-0.2, -0.15) is 0 Å². The molecule has 2 aliphatic rings. The number of para-hydroxylation sites is 1. The fourth-order valence-electron chi connectivity index (χ4n) is 3.44. The molecule has 1 aromatic heterocycles. The van der Waals surface area contributed by atoms with Crippen LogP contribution in [0.25, 0.3) is 0 Å². The molecule has 1 aliphatic carbocycles. The zero-order valence-electron chi connectivity index (χ0n) is 10.7.